The molecule has 1 aromatic carbocycles. The van der Waals surface area contributed by atoms with Gasteiger partial charge in [-0.3, -0.25) is 0 Å². The summed E-state index contributed by atoms with van der Waals surface area (Å²) in [6.45, 7) is 1.38. The summed E-state index contributed by atoms with van der Waals surface area (Å²) in [5, 5.41) is 3.07. The molecule has 1 unspecified atom stereocenters. The lowest BCUT2D eigenvalue weighted by molar-refractivity contribution is 0.378. The van der Waals surface area contributed by atoms with E-state index in [1.165, 1.54) is 0 Å². The lowest BCUT2D eigenvalue weighted by Crippen LogP contribution is -2.41. The average molecular weight is 268 g/mol. The number of rotatable bonds is 5. The van der Waals surface area contributed by atoms with Crippen LogP contribution in [0.4, 0.5) is 0 Å². The first kappa shape index (κ1) is 13.5. The molecule has 1 aliphatic heterocycles. The van der Waals surface area contributed by atoms with Crippen LogP contribution < -0.4 is 5.32 Å². The third-order valence-electron chi connectivity index (χ3n) is 3.31. The van der Waals surface area contributed by atoms with Crippen molar-refractivity contribution in [2.75, 3.05) is 20.1 Å². The second-order valence-corrected chi connectivity index (χ2v) is 6.63. The van der Waals surface area contributed by atoms with Crippen molar-refractivity contribution < 1.29 is 8.42 Å². The highest BCUT2D eigenvalue weighted by molar-refractivity contribution is 7.88. The van der Waals surface area contributed by atoms with Gasteiger partial charge in [-0.1, -0.05) is 30.3 Å². The average Bonchev–Trinajstić information content (AvgIpc) is 2.79. The maximum atomic E-state index is 12.4. The summed E-state index contributed by atoms with van der Waals surface area (Å²) in [5.41, 5.74) is 0.854. The van der Waals surface area contributed by atoms with Crippen LogP contribution in [-0.2, 0) is 15.8 Å². The smallest absolute Gasteiger partial charge is 0.218 e. The standard InChI is InChI=1S/C13H20N2O2S/c1-14-10-13-8-5-9-15(13)18(16,17)11-12-6-3-2-4-7-12/h2-4,6-7,13-14H,5,8-11H2,1H3. The molecule has 100 valence electrons. The monoisotopic (exact) mass is 268 g/mol. The highest BCUT2D eigenvalue weighted by Crippen LogP contribution is 2.22. The van der Waals surface area contributed by atoms with Gasteiger partial charge in [0.15, 0.2) is 0 Å². The molecule has 1 N–H and O–H groups in total. The van der Waals surface area contributed by atoms with Crippen LogP contribution >= 0.6 is 0 Å². The third-order valence-corrected chi connectivity index (χ3v) is 5.21. The van der Waals surface area contributed by atoms with Gasteiger partial charge in [0.2, 0.25) is 10.0 Å². The van der Waals surface area contributed by atoms with E-state index in [-0.39, 0.29) is 11.8 Å². The third kappa shape index (κ3) is 3.10. The van der Waals surface area contributed by atoms with Gasteiger partial charge in [-0.2, -0.15) is 4.31 Å². The van der Waals surface area contributed by atoms with E-state index in [2.05, 4.69) is 5.32 Å². The summed E-state index contributed by atoms with van der Waals surface area (Å²) in [7, 11) is -1.33. The number of nitrogens with one attached hydrogen (secondary N) is 1. The summed E-state index contributed by atoms with van der Waals surface area (Å²) in [4.78, 5) is 0. The molecule has 1 fully saturated rings. The van der Waals surface area contributed by atoms with Crippen molar-refractivity contribution >= 4 is 10.0 Å². The highest BCUT2D eigenvalue weighted by atomic mass is 32.2. The van der Waals surface area contributed by atoms with Crippen LogP contribution in [0, 0.1) is 0 Å². The Morgan fingerprint density at radius 2 is 2.06 bits per heavy atom. The van der Waals surface area contributed by atoms with Gasteiger partial charge in [0.25, 0.3) is 0 Å². The lowest BCUT2D eigenvalue weighted by Gasteiger charge is -2.23. The van der Waals surface area contributed by atoms with Gasteiger partial charge in [0, 0.05) is 19.1 Å². The van der Waals surface area contributed by atoms with Crippen LogP contribution in [0.15, 0.2) is 30.3 Å². The summed E-state index contributed by atoms with van der Waals surface area (Å²) in [6, 6.07) is 9.49. The van der Waals surface area contributed by atoms with E-state index >= 15 is 0 Å². The molecule has 0 saturated carbocycles. The van der Waals surface area contributed by atoms with Gasteiger partial charge in [-0.25, -0.2) is 8.42 Å². The molecule has 0 aromatic heterocycles. The van der Waals surface area contributed by atoms with Crippen LogP contribution in [0.3, 0.4) is 0 Å². The number of benzene rings is 1. The lowest BCUT2D eigenvalue weighted by atomic mass is 10.2. The van der Waals surface area contributed by atoms with E-state index in [9.17, 15) is 8.42 Å². The molecule has 1 aromatic rings. The van der Waals surface area contributed by atoms with E-state index in [0.29, 0.717) is 6.54 Å². The van der Waals surface area contributed by atoms with Crippen LogP contribution in [-0.4, -0.2) is 38.9 Å². The maximum Gasteiger partial charge on any atom is 0.218 e. The molecule has 1 atom stereocenters. The zero-order valence-corrected chi connectivity index (χ0v) is 11.5. The Labute approximate surface area is 109 Å². The fourth-order valence-electron chi connectivity index (χ4n) is 2.48. The molecule has 1 heterocycles. The molecule has 0 spiro atoms. The Morgan fingerprint density at radius 1 is 1.33 bits per heavy atom. The Kier molecular flexibility index (Phi) is 4.37. The molecular formula is C13H20N2O2S. The van der Waals surface area contributed by atoms with E-state index in [1.807, 2.05) is 37.4 Å². The molecule has 0 radical (unpaired) electrons. The van der Waals surface area contributed by atoms with E-state index in [0.717, 1.165) is 24.9 Å². The van der Waals surface area contributed by atoms with Crippen molar-refractivity contribution in [3.8, 4) is 0 Å². The maximum absolute atomic E-state index is 12.4. The number of hydrogen-bond acceptors (Lipinski definition) is 3. The van der Waals surface area contributed by atoms with Crippen molar-refractivity contribution in [1.82, 2.24) is 9.62 Å². The normalized spacial score (nSPS) is 21.3. The van der Waals surface area contributed by atoms with Crippen LogP contribution in [0.5, 0.6) is 0 Å². The van der Waals surface area contributed by atoms with E-state index < -0.39 is 10.0 Å². The second-order valence-electron chi connectivity index (χ2n) is 4.71. The van der Waals surface area contributed by atoms with Gasteiger partial charge < -0.3 is 5.32 Å². The van der Waals surface area contributed by atoms with Gasteiger partial charge in [0.05, 0.1) is 5.75 Å². The molecule has 4 nitrogen and oxygen atoms in total. The first-order valence-corrected chi connectivity index (χ1v) is 7.92. The molecule has 2 rings (SSSR count). The van der Waals surface area contributed by atoms with Crippen LogP contribution in [0.2, 0.25) is 0 Å². The van der Waals surface area contributed by atoms with Gasteiger partial charge in [0.1, 0.15) is 0 Å². The minimum atomic E-state index is -3.19. The van der Waals surface area contributed by atoms with Crippen molar-refractivity contribution in [3.05, 3.63) is 35.9 Å². The summed E-state index contributed by atoms with van der Waals surface area (Å²) >= 11 is 0. The Morgan fingerprint density at radius 3 is 2.72 bits per heavy atom. The molecule has 0 amide bonds. The van der Waals surface area contributed by atoms with Crippen LogP contribution in [0.1, 0.15) is 18.4 Å². The number of nitrogens with zero attached hydrogens (tertiary/aromatic N) is 1. The number of likely N-dealkylation sites (N-methyl/N-ethyl adjacent to an activating group) is 1. The predicted octanol–water partition coefficient (Wildman–Crippen LogP) is 1.20. The zero-order chi connectivity index (χ0) is 13.0. The van der Waals surface area contributed by atoms with Crippen molar-refractivity contribution in [3.63, 3.8) is 0 Å². The van der Waals surface area contributed by atoms with Gasteiger partial charge in [-0.05, 0) is 25.5 Å². The first-order chi connectivity index (χ1) is 8.63. The Balaban J connectivity index is 2.11. The largest absolute Gasteiger partial charge is 0.318 e. The Hall–Kier alpha value is -0.910. The molecule has 5 heteroatoms. The molecule has 0 aliphatic carbocycles. The van der Waals surface area contributed by atoms with Crippen molar-refractivity contribution in [2.45, 2.75) is 24.6 Å². The minimum Gasteiger partial charge on any atom is -0.318 e. The number of hydrogen-bond donors (Lipinski definition) is 1. The van der Waals surface area contributed by atoms with Gasteiger partial charge in [-0.15, -0.1) is 0 Å². The summed E-state index contributed by atoms with van der Waals surface area (Å²) in [6.07, 6.45) is 1.91. The number of sulfonamides is 1. The molecule has 1 saturated heterocycles. The topological polar surface area (TPSA) is 49.4 Å². The second kappa shape index (κ2) is 5.82. The van der Waals surface area contributed by atoms with Crippen molar-refractivity contribution in [2.24, 2.45) is 0 Å². The first-order valence-electron chi connectivity index (χ1n) is 6.31. The predicted molar refractivity (Wildman–Crippen MR) is 72.7 cm³/mol. The quantitative estimate of drug-likeness (QED) is 0.873. The summed E-state index contributed by atoms with van der Waals surface area (Å²) in [5.74, 6) is 0.105. The molecular weight excluding hydrogens is 248 g/mol. The van der Waals surface area contributed by atoms with Crippen LogP contribution in [0.25, 0.3) is 0 Å². The molecule has 1 aliphatic rings. The SMILES string of the molecule is CNCC1CCCN1S(=O)(=O)Cc1ccccc1. The molecule has 18 heavy (non-hydrogen) atoms. The van der Waals surface area contributed by atoms with E-state index in [4.69, 9.17) is 0 Å². The minimum absolute atomic E-state index is 0.105. The fraction of sp³-hybridized carbons (Fsp3) is 0.538. The van der Waals surface area contributed by atoms with E-state index in [1.54, 1.807) is 4.31 Å². The van der Waals surface area contributed by atoms with Crippen molar-refractivity contribution in [1.29, 1.82) is 0 Å². The highest BCUT2D eigenvalue weighted by Gasteiger charge is 2.33. The fourth-order valence-corrected chi connectivity index (χ4v) is 4.30. The Bertz CT molecular complexity index is 473. The zero-order valence-electron chi connectivity index (χ0n) is 10.7. The molecule has 0 bridgehead atoms. The van der Waals surface area contributed by atoms with Gasteiger partial charge >= 0.3 is 0 Å². The summed E-state index contributed by atoms with van der Waals surface area (Å²) < 4.78 is 26.4.